The second kappa shape index (κ2) is 4.31. The fraction of sp³-hybridized carbons (Fsp3) is 0.333. The zero-order valence-corrected chi connectivity index (χ0v) is 11.3. The van der Waals surface area contributed by atoms with E-state index in [0.717, 1.165) is 5.56 Å². The second-order valence-electron chi connectivity index (χ2n) is 4.59. The normalized spacial score (nSPS) is 10.9. The van der Waals surface area contributed by atoms with Crippen LogP contribution in [0.25, 0.3) is 0 Å². The summed E-state index contributed by atoms with van der Waals surface area (Å²) < 4.78 is 0.673. The zero-order valence-electron chi connectivity index (χ0n) is 9.40. The molecule has 0 heterocycles. The Hall–Kier alpha value is -1.26. The summed E-state index contributed by atoms with van der Waals surface area (Å²) in [7, 11) is 0. The van der Waals surface area contributed by atoms with E-state index in [1.165, 1.54) is 6.07 Å². The summed E-state index contributed by atoms with van der Waals surface area (Å²) in [6.45, 7) is 5.98. The van der Waals surface area contributed by atoms with Crippen molar-refractivity contribution < 1.29 is 9.90 Å². The molecule has 0 aliphatic carbocycles. The average molecular weight is 277 g/mol. The van der Waals surface area contributed by atoms with Crippen molar-refractivity contribution in [3.05, 3.63) is 28.8 Å². The molecule has 82 valence electrons. The van der Waals surface area contributed by atoms with E-state index in [1.54, 1.807) is 6.07 Å². The summed E-state index contributed by atoms with van der Waals surface area (Å²) in [6.07, 6.45) is 0. The fourth-order valence-corrected chi connectivity index (χ4v) is 2.61. The van der Waals surface area contributed by atoms with Gasteiger partial charge in [0.05, 0.1) is 0 Å². The molecule has 16 heavy (non-hydrogen) atoms. The molecule has 3 nitrogen and oxygen atoms in total. The molecule has 0 aliphatic rings. The van der Waals surface area contributed by atoms with Crippen LogP contribution in [-0.2, 0) is 5.41 Å². The van der Waals surface area contributed by atoms with Crippen molar-refractivity contribution in [3.8, 4) is 6.07 Å². The topological polar surface area (TPSA) is 61.1 Å². The van der Waals surface area contributed by atoms with Gasteiger partial charge < -0.3 is 0 Å². The molecule has 2 radical (unpaired) electrons. The predicted molar refractivity (Wildman–Crippen MR) is 62.2 cm³/mol. The number of nitrogens with zero attached hydrogens (tertiary/aromatic N) is 1. The van der Waals surface area contributed by atoms with Gasteiger partial charge >= 0.3 is 103 Å². The number of hydrogen-bond donors (Lipinski definition) is 1. The van der Waals surface area contributed by atoms with Crippen molar-refractivity contribution in [1.29, 1.82) is 5.26 Å². The Morgan fingerprint density at radius 1 is 1.44 bits per heavy atom. The SMILES string of the molecule is CC(C)(C)c1cc(C#N)cc(C(=O)O)c1[As]. The molecule has 1 aromatic carbocycles. The van der Waals surface area contributed by atoms with Crippen molar-refractivity contribution in [2.75, 3.05) is 0 Å². The van der Waals surface area contributed by atoms with Gasteiger partial charge in [-0.1, -0.05) is 0 Å². The van der Waals surface area contributed by atoms with Gasteiger partial charge in [-0.05, 0) is 0 Å². The quantitative estimate of drug-likeness (QED) is 0.788. The Balaban J connectivity index is 3.58. The number of carbonyl (C=O) groups is 1. The van der Waals surface area contributed by atoms with E-state index in [2.05, 4.69) is 16.9 Å². The van der Waals surface area contributed by atoms with Gasteiger partial charge in [0.15, 0.2) is 0 Å². The first kappa shape index (κ1) is 12.8. The molecular formula is C12H12AsNO2. The van der Waals surface area contributed by atoms with Crippen LogP contribution < -0.4 is 4.35 Å². The van der Waals surface area contributed by atoms with Crippen LogP contribution in [0.15, 0.2) is 12.1 Å². The molecule has 0 unspecified atom stereocenters. The summed E-state index contributed by atoms with van der Waals surface area (Å²) in [5.74, 6) is -1.00. The molecule has 0 saturated heterocycles. The van der Waals surface area contributed by atoms with Crippen LogP contribution in [0.1, 0.15) is 42.3 Å². The van der Waals surface area contributed by atoms with Gasteiger partial charge in [0.25, 0.3) is 0 Å². The van der Waals surface area contributed by atoms with Gasteiger partial charge in [0.1, 0.15) is 0 Å². The Morgan fingerprint density at radius 3 is 2.38 bits per heavy atom. The van der Waals surface area contributed by atoms with E-state index in [-0.39, 0.29) is 11.0 Å². The number of rotatable bonds is 1. The van der Waals surface area contributed by atoms with Crippen molar-refractivity contribution >= 4 is 27.2 Å². The third kappa shape index (κ3) is 2.46. The molecule has 0 amide bonds. The van der Waals surface area contributed by atoms with E-state index < -0.39 is 5.97 Å². The van der Waals surface area contributed by atoms with Gasteiger partial charge in [0, 0.05) is 0 Å². The molecule has 1 aromatic rings. The van der Waals surface area contributed by atoms with Crippen molar-refractivity contribution in [2.45, 2.75) is 26.2 Å². The molecule has 0 aromatic heterocycles. The van der Waals surface area contributed by atoms with Crippen LogP contribution in [0, 0.1) is 11.3 Å². The fourth-order valence-electron chi connectivity index (χ4n) is 1.43. The first-order chi connectivity index (χ1) is 7.27. The van der Waals surface area contributed by atoms with E-state index in [0.29, 0.717) is 9.91 Å². The van der Waals surface area contributed by atoms with Gasteiger partial charge in [-0.3, -0.25) is 0 Å². The number of carboxylic acid groups (broad SMARTS) is 1. The molecule has 0 saturated carbocycles. The summed E-state index contributed by atoms with van der Waals surface area (Å²) in [4.78, 5) is 11.0. The summed E-state index contributed by atoms with van der Waals surface area (Å²) >= 11 is 2.29. The van der Waals surface area contributed by atoms with Crippen molar-refractivity contribution in [1.82, 2.24) is 0 Å². The van der Waals surface area contributed by atoms with E-state index in [9.17, 15) is 4.79 Å². The van der Waals surface area contributed by atoms with Gasteiger partial charge in [-0.15, -0.1) is 0 Å². The second-order valence-corrected chi connectivity index (χ2v) is 5.53. The number of hydrogen-bond acceptors (Lipinski definition) is 2. The van der Waals surface area contributed by atoms with Crippen LogP contribution in [0.4, 0.5) is 0 Å². The van der Waals surface area contributed by atoms with Crippen LogP contribution in [0.3, 0.4) is 0 Å². The van der Waals surface area contributed by atoms with Gasteiger partial charge in [0.2, 0.25) is 0 Å². The van der Waals surface area contributed by atoms with E-state index in [1.807, 2.05) is 26.8 Å². The number of aromatic carboxylic acids is 1. The van der Waals surface area contributed by atoms with Crippen LogP contribution in [0.5, 0.6) is 0 Å². The molecular weight excluding hydrogens is 265 g/mol. The molecule has 1 rings (SSSR count). The standard InChI is InChI=1S/C12H12AsNO2/c1-12(2,3)9-5-7(6-14)4-8(10(9)13)11(15)16/h4-5H,1-3H3,(H,15,16). The number of carboxylic acids is 1. The maximum atomic E-state index is 11.0. The van der Waals surface area contributed by atoms with Crippen molar-refractivity contribution in [2.24, 2.45) is 0 Å². The van der Waals surface area contributed by atoms with Crippen LogP contribution in [-0.4, -0.2) is 27.9 Å². The molecule has 0 aliphatic heterocycles. The summed E-state index contributed by atoms with van der Waals surface area (Å²) in [5, 5.41) is 17.9. The van der Waals surface area contributed by atoms with E-state index in [4.69, 9.17) is 10.4 Å². The maximum absolute atomic E-state index is 11.0. The van der Waals surface area contributed by atoms with E-state index >= 15 is 0 Å². The Labute approximate surface area is 104 Å². The Bertz CT molecular complexity index is 481. The number of nitriles is 1. The first-order valence-electron chi connectivity index (χ1n) is 4.78. The molecule has 0 atom stereocenters. The Kier molecular flexibility index (Phi) is 3.45. The van der Waals surface area contributed by atoms with Crippen molar-refractivity contribution in [3.63, 3.8) is 0 Å². The average Bonchev–Trinajstić information content (AvgIpc) is 2.15. The van der Waals surface area contributed by atoms with Gasteiger partial charge in [-0.2, -0.15) is 0 Å². The molecule has 0 spiro atoms. The Morgan fingerprint density at radius 2 is 2.00 bits per heavy atom. The minimum atomic E-state index is -1.00. The molecule has 4 heteroatoms. The third-order valence-corrected chi connectivity index (χ3v) is 3.29. The molecule has 0 fully saturated rings. The van der Waals surface area contributed by atoms with Crippen LogP contribution >= 0.6 is 0 Å². The summed E-state index contributed by atoms with van der Waals surface area (Å²) in [6, 6.07) is 5.15. The zero-order chi connectivity index (χ0) is 12.5. The third-order valence-electron chi connectivity index (χ3n) is 2.28. The monoisotopic (exact) mass is 277 g/mol. The van der Waals surface area contributed by atoms with Crippen LogP contribution in [0.2, 0.25) is 0 Å². The predicted octanol–water partition coefficient (Wildman–Crippen LogP) is 1.35. The molecule has 1 N–H and O–H groups in total. The minimum absolute atomic E-state index is 0.181. The first-order valence-corrected chi connectivity index (χ1v) is 5.72. The molecule has 0 bridgehead atoms. The number of benzene rings is 1. The summed E-state index contributed by atoms with van der Waals surface area (Å²) in [5.41, 5.74) is 1.27. The van der Waals surface area contributed by atoms with Gasteiger partial charge in [-0.25, -0.2) is 0 Å².